The van der Waals surface area contributed by atoms with E-state index in [4.69, 9.17) is 4.74 Å². The molecule has 140 valence electrons. The van der Waals surface area contributed by atoms with Crippen molar-refractivity contribution in [3.63, 3.8) is 0 Å². The normalized spacial score (nSPS) is 10.7. The predicted octanol–water partition coefficient (Wildman–Crippen LogP) is 3.39. The number of hydrogen-bond donors (Lipinski definition) is 1. The van der Waals surface area contributed by atoms with E-state index in [1.165, 1.54) is 17.7 Å². The van der Waals surface area contributed by atoms with Crippen LogP contribution in [0.1, 0.15) is 22.5 Å². The first-order valence-electron chi connectivity index (χ1n) is 8.94. The maximum absolute atomic E-state index is 13.0. The summed E-state index contributed by atoms with van der Waals surface area (Å²) in [4.78, 5) is 12.1. The Balaban J connectivity index is 1.34. The fourth-order valence-electron chi connectivity index (χ4n) is 2.59. The van der Waals surface area contributed by atoms with Crippen molar-refractivity contribution in [1.29, 1.82) is 0 Å². The van der Waals surface area contributed by atoms with E-state index in [0.29, 0.717) is 31.1 Å². The number of hydrogen-bond acceptors (Lipinski definition) is 3. The molecule has 0 aliphatic carbocycles. The molecule has 0 aliphatic rings. The SMILES string of the molecule is O=C(NCCCOCCc1ccccc1)c1ccn(-c2ccc(F)cc2)n1. The van der Waals surface area contributed by atoms with Crippen LogP contribution in [0.3, 0.4) is 0 Å². The Hall–Kier alpha value is -2.99. The minimum atomic E-state index is -0.310. The van der Waals surface area contributed by atoms with Crippen LogP contribution in [0.4, 0.5) is 4.39 Å². The molecule has 0 atom stereocenters. The topological polar surface area (TPSA) is 56.1 Å². The average molecular weight is 367 g/mol. The third-order valence-electron chi connectivity index (χ3n) is 4.04. The number of halogens is 1. The fourth-order valence-corrected chi connectivity index (χ4v) is 2.59. The smallest absolute Gasteiger partial charge is 0.271 e. The van der Waals surface area contributed by atoms with Crippen molar-refractivity contribution >= 4 is 5.91 Å². The molecular weight excluding hydrogens is 345 g/mol. The second kappa shape index (κ2) is 9.64. The zero-order valence-corrected chi connectivity index (χ0v) is 15.0. The molecule has 1 aromatic heterocycles. The van der Waals surface area contributed by atoms with Gasteiger partial charge >= 0.3 is 0 Å². The van der Waals surface area contributed by atoms with Crippen LogP contribution in [-0.4, -0.2) is 35.4 Å². The molecule has 1 heterocycles. The summed E-state index contributed by atoms with van der Waals surface area (Å²) in [6.45, 7) is 1.78. The lowest BCUT2D eigenvalue weighted by Crippen LogP contribution is -2.25. The number of rotatable bonds is 9. The molecule has 0 radical (unpaired) electrons. The van der Waals surface area contributed by atoms with Crippen LogP contribution in [0, 0.1) is 5.82 Å². The standard InChI is InChI=1S/C21H22FN3O2/c22-18-7-9-19(10-8-18)25-14-11-20(24-25)21(26)23-13-4-15-27-16-12-17-5-2-1-3-6-17/h1-3,5-11,14H,4,12-13,15-16H2,(H,23,26). The van der Waals surface area contributed by atoms with Crippen LogP contribution in [0.25, 0.3) is 5.69 Å². The number of carbonyl (C=O) groups excluding carboxylic acids is 1. The van der Waals surface area contributed by atoms with E-state index >= 15 is 0 Å². The van der Waals surface area contributed by atoms with Gasteiger partial charge < -0.3 is 10.1 Å². The maximum atomic E-state index is 13.0. The summed E-state index contributed by atoms with van der Waals surface area (Å²) >= 11 is 0. The van der Waals surface area contributed by atoms with Gasteiger partial charge in [-0.2, -0.15) is 5.10 Å². The molecule has 0 saturated heterocycles. The fraction of sp³-hybridized carbons (Fsp3) is 0.238. The van der Waals surface area contributed by atoms with Gasteiger partial charge in [0.05, 0.1) is 12.3 Å². The highest BCUT2D eigenvalue weighted by atomic mass is 19.1. The van der Waals surface area contributed by atoms with Crippen molar-refractivity contribution in [2.24, 2.45) is 0 Å². The van der Waals surface area contributed by atoms with E-state index < -0.39 is 0 Å². The maximum Gasteiger partial charge on any atom is 0.271 e. The monoisotopic (exact) mass is 367 g/mol. The first kappa shape index (κ1) is 18.8. The van der Waals surface area contributed by atoms with Gasteiger partial charge in [-0.3, -0.25) is 4.79 Å². The van der Waals surface area contributed by atoms with Gasteiger partial charge in [-0.25, -0.2) is 9.07 Å². The largest absolute Gasteiger partial charge is 0.381 e. The molecule has 0 fully saturated rings. The van der Waals surface area contributed by atoms with Crippen LogP contribution in [0.15, 0.2) is 66.9 Å². The summed E-state index contributed by atoms with van der Waals surface area (Å²) in [5.41, 5.74) is 2.27. The first-order chi connectivity index (χ1) is 13.2. The number of nitrogens with zero attached hydrogens (tertiary/aromatic N) is 2. The third kappa shape index (κ3) is 5.76. The summed E-state index contributed by atoms with van der Waals surface area (Å²) < 4.78 is 20.1. The lowest BCUT2D eigenvalue weighted by Gasteiger charge is -2.06. The Morgan fingerprint density at radius 3 is 2.59 bits per heavy atom. The van der Waals surface area contributed by atoms with E-state index in [9.17, 15) is 9.18 Å². The molecule has 1 amide bonds. The highest BCUT2D eigenvalue weighted by Crippen LogP contribution is 2.09. The second-order valence-corrected chi connectivity index (χ2v) is 6.08. The number of nitrogens with one attached hydrogen (secondary N) is 1. The molecule has 1 N–H and O–H groups in total. The number of aromatic nitrogens is 2. The van der Waals surface area contributed by atoms with E-state index in [2.05, 4.69) is 22.5 Å². The molecule has 27 heavy (non-hydrogen) atoms. The van der Waals surface area contributed by atoms with Gasteiger partial charge in [-0.15, -0.1) is 0 Å². The molecule has 2 aromatic carbocycles. The zero-order valence-electron chi connectivity index (χ0n) is 15.0. The van der Waals surface area contributed by atoms with Crippen LogP contribution in [0.2, 0.25) is 0 Å². The minimum Gasteiger partial charge on any atom is -0.381 e. The summed E-state index contributed by atoms with van der Waals surface area (Å²) in [5.74, 6) is -0.546. The van der Waals surface area contributed by atoms with Crippen LogP contribution in [0.5, 0.6) is 0 Å². The highest BCUT2D eigenvalue weighted by Gasteiger charge is 2.09. The van der Waals surface area contributed by atoms with E-state index in [-0.39, 0.29) is 11.7 Å². The molecule has 3 rings (SSSR count). The van der Waals surface area contributed by atoms with Gasteiger partial charge in [-0.05, 0) is 48.7 Å². The number of ether oxygens (including phenoxy) is 1. The Morgan fingerprint density at radius 1 is 1.04 bits per heavy atom. The average Bonchev–Trinajstić information content (AvgIpc) is 3.19. The van der Waals surface area contributed by atoms with Gasteiger partial charge in [0.1, 0.15) is 5.82 Å². The number of amides is 1. The Labute approximate surface area is 157 Å². The highest BCUT2D eigenvalue weighted by molar-refractivity contribution is 5.92. The van der Waals surface area contributed by atoms with E-state index in [1.807, 2.05) is 18.2 Å². The van der Waals surface area contributed by atoms with Crippen LogP contribution < -0.4 is 5.32 Å². The molecule has 0 spiro atoms. The number of benzene rings is 2. The Morgan fingerprint density at radius 2 is 1.81 bits per heavy atom. The molecule has 0 saturated carbocycles. The van der Waals surface area contributed by atoms with Gasteiger partial charge in [0.2, 0.25) is 0 Å². The zero-order chi connectivity index (χ0) is 18.9. The van der Waals surface area contributed by atoms with Gasteiger partial charge in [-0.1, -0.05) is 30.3 Å². The van der Waals surface area contributed by atoms with Crippen molar-refractivity contribution in [1.82, 2.24) is 15.1 Å². The van der Waals surface area contributed by atoms with Crippen molar-refractivity contribution in [3.05, 3.63) is 83.9 Å². The molecule has 0 unspecified atom stereocenters. The molecule has 0 bridgehead atoms. The van der Waals surface area contributed by atoms with Crippen LogP contribution >= 0.6 is 0 Å². The van der Waals surface area contributed by atoms with E-state index in [1.54, 1.807) is 29.1 Å². The molecule has 5 nitrogen and oxygen atoms in total. The van der Waals surface area contributed by atoms with E-state index in [0.717, 1.165) is 12.8 Å². The summed E-state index contributed by atoms with van der Waals surface area (Å²) in [6, 6.07) is 17.7. The lowest BCUT2D eigenvalue weighted by molar-refractivity contribution is 0.0937. The Kier molecular flexibility index (Phi) is 6.71. The van der Waals surface area contributed by atoms with Gasteiger partial charge in [0.25, 0.3) is 5.91 Å². The molecule has 6 heteroatoms. The first-order valence-corrected chi connectivity index (χ1v) is 8.94. The molecule has 0 aliphatic heterocycles. The van der Waals surface area contributed by atoms with Crippen LogP contribution in [-0.2, 0) is 11.2 Å². The second-order valence-electron chi connectivity index (χ2n) is 6.08. The summed E-state index contributed by atoms with van der Waals surface area (Å²) in [6.07, 6.45) is 3.29. The summed E-state index contributed by atoms with van der Waals surface area (Å²) in [7, 11) is 0. The quantitative estimate of drug-likeness (QED) is 0.590. The lowest BCUT2D eigenvalue weighted by atomic mass is 10.2. The summed E-state index contributed by atoms with van der Waals surface area (Å²) in [5, 5.41) is 7.05. The number of carbonyl (C=O) groups is 1. The van der Waals surface area contributed by atoms with Gasteiger partial charge in [0, 0.05) is 19.3 Å². The van der Waals surface area contributed by atoms with Crippen molar-refractivity contribution in [2.75, 3.05) is 19.8 Å². The van der Waals surface area contributed by atoms with Crippen molar-refractivity contribution in [2.45, 2.75) is 12.8 Å². The molecule has 3 aromatic rings. The molecular formula is C21H22FN3O2. The van der Waals surface area contributed by atoms with Crippen molar-refractivity contribution < 1.29 is 13.9 Å². The van der Waals surface area contributed by atoms with Gasteiger partial charge in [0.15, 0.2) is 5.69 Å². The van der Waals surface area contributed by atoms with Crippen molar-refractivity contribution in [3.8, 4) is 5.69 Å². The predicted molar refractivity (Wildman–Crippen MR) is 101 cm³/mol. The third-order valence-corrected chi connectivity index (χ3v) is 4.04. The Bertz CT molecular complexity index is 847. The minimum absolute atomic E-state index is 0.236.